The zero-order valence-corrected chi connectivity index (χ0v) is 13.5. The molecule has 0 aromatic heterocycles. The van der Waals surface area contributed by atoms with E-state index in [1.807, 2.05) is 0 Å². The van der Waals surface area contributed by atoms with Crippen molar-refractivity contribution in [1.82, 2.24) is 5.32 Å². The summed E-state index contributed by atoms with van der Waals surface area (Å²) in [5.41, 5.74) is 0.582. The number of hydrogen-bond acceptors (Lipinski definition) is 1. The molecule has 1 unspecified atom stereocenters. The lowest BCUT2D eigenvalue weighted by Crippen LogP contribution is -2.34. The highest BCUT2D eigenvalue weighted by Crippen LogP contribution is 2.34. The highest BCUT2D eigenvalue weighted by Gasteiger charge is 2.26. The van der Waals surface area contributed by atoms with Crippen molar-refractivity contribution >= 4 is 0 Å². The first kappa shape index (κ1) is 18.0. The van der Waals surface area contributed by atoms with Crippen LogP contribution in [0.25, 0.3) is 0 Å². The van der Waals surface area contributed by atoms with Gasteiger partial charge in [-0.2, -0.15) is 0 Å². The minimum atomic E-state index is 0.582. The molecule has 0 fully saturated rings. The highest BCUT2D eigenvalue weighted by molar-refractivity contribution is 4.80. The molecule has 0 saturated heterocycles. The van der Waals surface area contributed by atoms with Crippen LogP contribution in [0.15, 0.2) is 0 Å². The number of rotatable bonds is 13. The first-order chi connectivity index (χ1) is 8.74. The largest absolute Gasteiger partial charge is 0.316 e. The molecule has 0 saturated carbocycles. The number of nitrogens with one attached hydrogen (secondary N) is 1. The minimum Gasteiger partial charge on any atom is -0.316 e. The van der Waals surface area contributed by atoms with Crippen molar-refractivity contribution in [2.24, 2.45) is 5.41 Å². The molecule has 0 aliphatic rings. The van der Waals surface area contributed by atoms with Gasteiger partial charge in [-0.3, -0.25) is 0 Å². The third kappa shape index (κ3) is 8.13. The normalized spacial score (nSPS) is 14.7. The van der Waals surface area contributed by atoms with Gasteiger partial charge in [0.1, 0.15) is 0 Å². The molecule has 0 bridgehead atoms. The van der Waals surface area contributed by atoms with Crippen molar-refractivity contribution < 1.29 is 0 Å². The van der Waals surface area contributed by atoms with Gasteiger partial charge in [0.05, 0.1) is 0 Å². The SMILES string of the molecule is CCCCCCCC(CC)(CCCC)CNCC. The molecule has 0 heterocycles. The summed E-state index contributed by atoms with van der Waals surface area (Å²) in [6, 6.07) is 0. The molecule has 0 amide bonds. The van der Waals surface area contributed by atoms with E-state index in [1.54, 1.807) is 0 Å². The van der Waals surface area contributed by atoms with Gasteiger partial charge in [0.25, 0.3) is 0 Å². The Kier molecular flexibility index (Phi) is 12.0. The van der Waals surface area contributed by atoms with Crippen molar-refractivity contribution in [3.8, 4) is 0 Å². The minimum absolute atomic E-state index is 0.582. The molecular formula is C17H37N. The monoisotopic (exact) mass is 255 g/mol. The molecule has 0 aromatic rings. The fraction of sp³-hybridized carbons (Fsp3) is 1.00. The molecule has 0 rings (SSSR count). The van der Waals surface area contributed by atoms with Gasteiger partial charge in [0.2, 0.25) is 0 Å². The lowest BCUT2D eigenvalue weighted by Gasteiger charge is -2.33. The Labute approximate surface area is 116 Å². The Morgan fingerprint density at radius 3 is 1.89 bits per heavy atom. The highest BCUT2D eigenvalue weighted by atomic mass is 14.9. The zero-order chi connectivity index (χ0) is 13.7. The van der Waals surface area contributed by atoms with E-state index in [4.69, 9.17) is 0 Å². The summed E-state index contributed by atoms with van der Waals surface area (Å²) >= 11 is 0. The van der Waals surface area contributed by atoms with Crippen LogP contribution in [0.4, 0.5) is 0 Å². The second kappa shape index (κ2) is 12.0. The maximum atomic E-state index is 3.60. The second-order valence-corrected chi connectivity index (χ2v) is 5.90. The van der Waals surface area contributed by atoms with E-state index in [9.17, 15) is 0 Å². The Morgan fingerprint density at radius 1 is 0.722 bits per heavy atom. The Bertz CT molecular complexity index is 157. The van der Waals surface area contributed by atoms with Crippen LogP contribution in [0.5, 0.6) is 0 Å². The molecule has 0 aromatic carbocycles. The zero-order valence-electron chi connectivity index (χ0n) is 13.5. The van der Waals surface area contributed by atoms with Gasteiger partial charge >= 0.3 is 0 Å². The molecule has 0 radical (unpaired) electrons. The molecule has 1 heteroatoms. The average molecular weight is 255 g/mol. The summed E-state index contributed by atoms with van der Waals surface area (Å²) < 4.78 is 0. The van der Waals surface area contributed by atoms with Crippen LogP contribution >= 0.6 is 0 Å². The number of hydrogen-bond donors (Lipinski definition) is 1. The molecule has 1 atom stereocenters. The Balaban J connectivity index is 4.07. The van der Waals surface area contributed by atoms with Crippen molar-refractivity contribution in [1.29, 1.82) is 0 Å². The average Bonchev–Trinajstić information content (AvgIpc) is 2.41. The molecule has 18 heavy (non-hydrogen) atoms. The summed E-state index contributed by atoms with van der Waals surface area (Å²) in [6.07, 6.45) is 14.0. The van der Waals surface area contributed by atoms with Gasteiger partial charge in [-0.25, -0.2) is 0 Å². The molecular weight excluding hydrogens is 218 g/mol. The fourth-order valence-electron chi connectivity index (χ4n) is 2.83. The molecule has 1 nitrogen and oxygen atoms in total. The van der Waals surface area contributed by atoms with E-state index in [-0.39, 0.29) is 0 Å². The van der Waals surface area contributed by atoms with E-state index in [2.05, 4.69) is 33.0 Å². The Morgan fingerprint density at radius 2 is 1.33 bits per heavy atom. The van der Waals surface area contributed by atoms with Crippen LogP contribution in [0.2, 0.25) is 0 Å². The quantitative estimate of drug-likeness (QED) is 0.426. The van der Waals surface area contributed by atoms with Crippen LogP contribution < -0.4 is 5.32 Å². The Hall–Kier alpha value is -0.0400. The van der Waals surface area contributed by atoms with E-state index in [1.165, 1.54) is 70.8 Å². The predicted molar refractivity (Wildman–Crippen MR) is 84.2 cm³/mol. The van der Waals surface area contributed by atoms with E-state index < -0.39 is 0 Å². The van der Waals surface area contributed by atoms with Gasteiger partial charge in [-0.1, -0.05) is 72.6 Å². The first-order valence-corrected chi connectivity index (χ1v) is 8.45. The van der Waals surface area contributed by atoms with E-state index >= 15 is 0 Å². The van der Waals surface area contributed by atoms with Crippen LogP contribution in [0, 0.1) is 5.41 Å². The van der Waals surface area contributed by atoms with Gasteiger partial charge < -0.3 is 5.32 Å². The van der Waals surface area contributed by atoms with Crippen LogP contribution in [0.1, 0.15) is 91.9 Å². The van der Waals surface area contributed by atoms with E-state index in [0.29, 0.717) is 5.41 Å². The standard InChI is InChI=1S/C17H37N/c1-5-9-11-12-13-15-17(7-3,14-10-6-2)16-18-8-4/h18H,5-16H2,1-4H3. The van der Waals surface area contributed by atoms with Crippen molar-refractivity contribution in [2.75, 3.05) is 13.1 Å². The summed E-state index contributed by atoms with van der Waals surface area (Å²) in [7, 11) is 0. The molecule has 110 valence electrons. The van der Waals surface area contributed by atoms with Crippen molar-refractivity contribution in [3.63, 3.8) is 0 Å². The van der Waals surface area contributed by atoms with Gasteiger partial charge in [-0.15, -0.1) is 0 Å². The van der Waals surface area contributed by atoms with Crippen molar-refractivity contribution in [2.45, 2.75) is 91.9 Å². The van der Waals surface area contributed by atoms with E-state index in [0.717, 1.165) is 6.54 Å². The van der Waals surface area contributed by atoms with Gasteiger partial charge in [0.15, 0.2) is 0 Å². The summed E-state index contributed by atoms with van der Waals surface area (Å²) in [6.45, 7) is 11.6. The third-order valence-electron chi connectivity index (χ3n) is 4.37. The maximum Gasteiger partial charge on any atom is 0.000759 e. The predicted octanol–water partition coefficient (Wildman–Crippen LogP) is 5.54. The smallest absolute Gasteiger partial charge is 0.000759 e. The topological polar surface area (TPSA) is 12.0 Å². The van der Waals surface area contributed by atoms with Crippen LogP contribution in [-0.2, 0) is 0 Å². The molecule has 0 aliphatic heterocycles. The molecule has 0 spiro atoms. The first-order valence-electron chi connectivity index (χ1n) is 8.45. The maximum absolute atomic E-state index is 3.60. The van der Waals surface area contributed by atoms with Crippen LogP contribution in [0.3, 0.4) is 0 Å². The lowest BCUT2D eigenvalue weighted by atomic mass is 9.75. The van der Waals surface area contributed by atoms with Crippen molar-refractivity contribution in [3.05, 3.63) is 0 Å². The summed E-state index contributed by atoms with van der Waals surface area (Å²) in [5, 5.41) is 3.60. The molecule has 0 aliphatic carbocycles. The van der Waals surface area contributed by atoms with Gasteiger partial charge in [-0.05, 0) is 31.2 Å². The van der Waals surface area contributed by atoms with Crippen LogP contribution in [-0.4, -0.2) is 13.1 Å². The number of unbranched alkanes of at least 4 members (excludes halogenated alkanes) is 5. The fourth-order valence-corrected chi connectivity index (χ4v) is 2.83. The second-order valence-electron chi connectivity index (χ2n) is 5.90. The third-order valence-corrected chi connectivity index (χ3v) is 4.37. The summed E-state index contributed by atoms with van der Waals surface area (Å²) in [5.74, 6) is 0. The lowest BCUT2D eigenvalue weighted by molar-refractivity contribution is 0.206. The summed E-state index contributed by atoms with van der Waals surface area (Å²) in [4.78, 5) is 0. The molecule has 1 N–H and O–H groups in total. The van der Waals surface area contributed by atoms with Gasteiger partial charge in [0, 0.05) is 6.54 Å².